The molecular weight excluding hydrogens is 394 g/mol. The van der Waals surface area contributed by atoms with E-state index in [1.807, 2.05) is 76.2 Å². The van der Waals surface area contributed by atoms with E-state index in [1.165, 1.54) is 5.56 Å². The number of benzene rings is 3. The van der Waals surface area contributed by atoms with Crippen LogP contribution in [-0.4, -0.2) is 17.4 Å². The molecule has 4 rings (SSSR count). The molecule has 4 aromatic rings. The van der Waals surface area contributed by atoms with Crippen molar-refractivity contribution < 1.29 is 9.53 Å². The van der Waals surface area contributed by atoms with Crippen molar-refractivity contribution in [2.75, 3.05) is 6.61 Å². The Kier molecular flexibility index (Phi) is 8.15. The molecule has 0 saturated carbocycles. The summed E-state index contributed by atoms with van der Waals surface area (Å²) < 4.78 is 5.67. The van der Waals surface area contributed by atoms with E-state index < -0.39 is 0 Å². The number of ether oxygens (including phenoxy) is 1. The summed E-state index contributed by atoms with van der Waals surface area (Å²) in [5.41, 5.74) is 5.22. The van der Waals surface area contributed by atoms with Crippen LogP contribution in [0.1, 0.15) is 34.1 Å². The quantitative estimate of drug-likeness (QED) is 0.306. The number of carbonyl (C=O) groups is 1. The van der Waals surface area contributed by atoms with Gasteiger partial charge in [0.2, 0.25) is 0 Å². The van der Waals surface area contributed by atoms with E-state index in [2.05, 4.69) is 36.4 Å². The third-order valence-corrected chi connectivity index (χ3v) is 5.49. The second-order valence-corrected chi connectivity index (χ2v) is 7.53. The molecule has 3 heteroatoms. The number of Topliss-reactive ketones (excluding diaryl/α,β-unsaturated/α-hetero) is 1. The van der Waals surface area contributed by atoms with Crippen LogP contribution in [0.15, 0.2) is 84.9 Å². The minimum atomic E-state index is 0.0301. The Hall–Kier alpha value is -3.46. The highest BCUT2D eigenvalue weighted by Gasteiger charge is 2.12. The van der Waals surface area contributed by atoms with Gasteiger partial charge >= 0.3 is 0 Å². The maximum atomic E-state index is 12.0. The van der Waals surface area contributed by atoms with Gasteiger partial charge in [0.25, 0.3) is 0 Å². The van der Waals surface area contributed by atoms with E-state index in [9.17, 15) is 4.79 Å². The van der Waals surface area contributed by atoms with Crippen molar-refractivity contribution in [2.24, 2.45) is 5.92 Å². The van der Waals surface area contributed by atoms with Crippen LogP contribution in [-0.2, 0) is 4.79 Å². The van der Waals surface area contributed by atoms with Gasteiger partial charge in [-0.25, -0.2) is 4.98 Å². The molecule has 3 nitrogen and oxygen atoms in total. The number of carbonyl (C=O) groups excluding carboxylic acids is 1. The Labute approximate surface area is 191 Å². The Morgan fingerprint density at radius 2 is 1.53 bits per heavy atom. The third kappa shape index (κ3) is 5.42. The number of ketones is 1. The van der Waals surface area contributed by atoms with Gasteiger partial charge < -0.3 is 4.74 Å². The highest BCUT2D eigenvalue weighted by Crippen LogP contribution is 2.32. The highest BCUT2D eigenvalue weighted by atomic mass is 16.5. The molecule has 1 aromatic heterocycles. The van der Waals surface area contributed by atoms with Crippen LogP contribution in [0.4, 0.5) is 0 Å². The van der Waals surface area contributed by atoms with Gasteiger partial charge in [0.15, 0.2) is 5.78 Å². The van der Waals surface area contributed by atoms with Gasteiger partial charge in [-0.2, -0.15) is 0 Å². The zero-order valence-corrected chi connectivity index (χ0v) is 19.3. The number of fused-ring (bicyclic) bond motifs is 1. The van der Waals surface area contributed by atoms with Crippen molar-refractivity contribution in [1.29, 1.82) is 0 Å². The lowest BCUT2D eigenvalue weighted by Gasteiger charge is -2.12. The van der Waals surface area contributed by atoms with E-state index in [1.54, 1.807) is 0 Å². The van der Waals surface area contributed by atoms with Crippen molar-refractivity contribution in [1.82, 2.24) is 4.98 Å². The number of hydrogen-bond acceptors (Lipinski definition) is 3. The van der Waals surface area contributed by atoms with Crippen molar-refractivity contribution in [3.05, 3.63) is 84.9 Å². The maximum absolute atomic E-state index is 12.0. The summed E-state index contributed by atoms with van der Waals surface area (Å²) in [6, 6.07) is 28.5. The van der Waals surface area contributed by atoms with Crippen molar-refractivity contribution in [2.45, 2.75) is 34.1 Å². The van der Waals surface area contributed by atoms with Crippen LogP contribution in [0.5, 0.6) is 5.75 Å². The number of aromatic nitrogens is 1. The van der Waals surface area contributed by atoms with Crippen LogP contribution >= 0.6 is 0 Å². The van der Waals surface area contributed by atoms with E-state index in [-0.39, 0.29) is 18.3 Å². The number of hydrogen-bond donors (Lipinski definition) is 0. The van der Waals surface area contributed by atoms with Crippen LogP contribution in [0.2, 0.25) is 0 Å². The summed E-state index contributed by atoms with van der Waals surface area (Å²) in [6.07, 6.45) is 0.832. The minimum absolute atomic E-state index is 0.0301. The van der Waals surface area contributed by atoms with Crippen molar-refractivity contribution >= 4 is 16.7 Å². The van der Waals surface area contributed by atoms with Gasteiger partial charge in [0.05, 0.1) is 11.2 Å². The Morgan fingerprint density at radius 1 is 0.875 bits per heavy atom. The van der Waals surface area contributed by atoms with Crippen molar-refractivity contribution in [3.8, 4) is 28.1 Å². The molecule has 164 valence electrons. The van der Waals surface area contributed by atoms with E-state index in [0.29, 0.717) is 5.75 Å². The second kappa shape index (κ2) is 11.2. The molecule has 32 heavy (non-hydrogen) atoms. The molecule has 3 aromatic carbocycles. The molecule has 0 aliphatic heterocycles. The summed E-state index contributed by atoms with van der Waals surface area (Å²) >= 11 is 0. The molecule has 0 aliphatic carbocycles. The molecule has 0 bridgehead atoms. The molecule has 0 amide bonds. The van der Waals surface area contributed by atoms with Gasteiger partial charge in [-0.1, -0.05) is 76.2 Å². The standard InChI is InChI=1S/C27H25NO2.C2H6/c1-3-19(2)27(29)18-30-22-15-13-21(14-16-22)26-17-24(20-9-5-4-6-10-20)23-11-7-8-12-25(23)28-26;1-2/h4-17,19H,3,18H2,1-2H3;1-2H3. The van der Waals surface area contributed by atoms with Crippen LogP contribution in [0.25, 0.3) is 33.3 Å². The van der Waals surface area contributed by atoms with Crippen LogP contribution in [0.3, 0.4) is 0 Å². The molecule has 0 radical (unpaired) electrons. The number of nitrogens with zero attached hydrogens (tertiary/aromatic N) is 1. The Bertz CT molecular complexity index is 1150. The first-order valence-corrected chi connectivity index (χ1v) is 11.4. The van der Waals surface area contributed by atoms with Crippen LogP contribution < -0.4 is 4.74 Å². The molecule has 1 unspecified atom stereocenters. The average Bonchev–Trinajstić information content (AvgIpc) is 2.88. The minimum Gasteiger partial charge on any atom is -0.486 e. The van der Waals surface area contributed by atoms with Gasteiger partial charge in [0, 0.05) is 16.9 Å². The fraction of sp³-hybridized carbons (Fsp3) is 0.241. The summed E-state index contributed by atoms with van der Waals surface area (Å²) in [5.74, 6) is 0.854. The first-order valence-electron chi connectivity index (χ1n) is 11.4. The molecule has 0 N–H and O–H groups in total. The Morgan fingerprint density at radius 3 is 2.22 bits per heavy atom. The third-order valence-electron chi connectivity index (χ3n) is 5.49. The zero-order chi connectivity index (χ0) is 22.9. The molecule has 0 aliphatic rings. The second-order valence-electron chi connectivity index (χ2n) is 7.53. The van der Waals surface area contributed by atoms with Gasteiger partial charge in [-0.3, -0.25) is 4.79 Å². The SMILES string of the molecule is CC.CCC(C)C(=O)COc1ccc(-c2cc(-c3ccccc3)c3ccccc3n2)cc1. The lowest BCUT2D eigenvalue weighted by molar-refractivity contribution is -0.124. The monoisotopic (exact) mass is 425 g/mol. The van der Waals surface area contributed by atoms with E-state index >= 15 is 0 Å². The predicted molar refractivity (Wildman–Crippen MR) is 134 cm³/mol. The summed E-state index contributed by atoms with van der Waals surface area (Å²) in [4.78, 5) is 16.9. The molecule has 1 heterocycles. The van der Waals surface area contributed by atoms with Gasteiger partial charge in [-0.15, -0.1) is 0 Å². The topological polar surface area (TPSA) is 39.2 Å². The molecule has 0 fully saturated rings. The zero-order valence-electron chi connectivity index (χ0n) is 19.3. The lowest BCUT2D eigenvalue weighted by Crippen LogP contribution is -2.18. The molecule has 0 spiro atoms. The molecule has 1 atom stereocenters. The first kappa shape index (κ1) is 23.2. The molecule has 0 saturated heterocycles. The maximum Gasteiger partial charge on any atom is 0.172 e. The smallest absolute Gasteiger partial charge is 0.172 e. The average molecular weight is 426 g/mol. The molecular formula is C29H31NO2. The largest absolute Gasteiger partial charge is 0.486 e. The normalized spacial score (nSPS) is 11.4. The summed E-state index contributed by atoms with van der Waals surface area (Å²) in [7, 11) is 0. The van der Waals surface area contributed by atoms with Crippen LogP contribution in [0, 0.1) is 5.92 Å². The highest BCUT2D eigenvalue weighted by molar-refractivity contribution is 5.96. The Balaban J connectivity index is 0.00000141. The fourth-order valence-electron chi connectivity index (χ4n) is 3.43. The van der Waals surface area contributed by atoms with Gasteiger partial charge in [-0.05, 0) is 53.9 Å². The number of rotatable bonds is 7. The predicted octanol–water partition coefficient (Wildman–Crippen LogP) is 7.59. The summed E-state index contributed by atoms with van der Waals surface area (Å²) in [6.45, 7) is 8.06. The fourth-order valence-corrected chi connectivity index (χ4v) is 3.43. The van der Waals surface area contributed by atoms with E-state index in [4.69, 9.17) is 9.72 Å². The summed E-state index contributed by atoms with van der Waals surface area (Å²) in [5, 5.41) is 1.14. The first-order chi connectivity index (χ1) is 15.7. The number of para-hydroxylation sites is 1. The van der Waals surface area contributed by atoms with Gasteiger partial charge in [0.1, 0.15) is 12.4 Å². The number of pyridine rings is 1. The van der Waals surface area contributed by atoms with E-state index in [0.717, 1.165) is 34.1 Å². The lowest BCUT2D eigenvalue weighted by atomic mass is 9.98. The van der Waals surface area contributed by atoms with Crippen molar-refractivity contribution in [3.63, 3.8) is 0 Å².